The van der Waals surface area contributed by atoms with Crippen LogP contribution in [0.3, 0.4) is 0 Å². The van der Waals surface area contributed by atoms with Crippen molar-refractivity contribution in [1.82, 2.24) is 10.2 Å². The molecule has 0 aliphatic carbocycles. The van der Waals surface area contributed by atoms with Gasteiger partial charge in [-0.2, -0.15) is 0 Å². The molecular weight excluding hydrogens is 316 g/mol. The molecule has 0 spiro atoms. The van der Waals surface area contributed by atoms with Gasteiger partial charge in [0.25, 0.3) is 5.91 Å². The zero-order valence-electron chi connectivity index (χ0n) is 14.7. The Morgan fingerprint density at radius 3 is 2.64 bits per heavy atom. The SMILES string of the molecule is CCc1ccc(OCC(=O)NC[C@@H](c2ccco2)N2CCCC2)cc1. The van der Waals surface area contributed by atoms with E-state index in [9.17, 15) is 4.79 Å². The van der Waals surface area contributed by atoms with Crippen molar-refractivity contribution < 1.29 is 13.9 Å². The van der Waals surface area contributed by atoms with Crippen molar-refractivity contribution in [1.29, 1.82) is 0 Å². The first-order chi connectivity index (χ1) is 12.3. The molecule has 25 heavy (non-hydrogen) atoms. The number of likely N-dealkylation sites (tertiary alicyclic amines) is 1. The number of carbonyl (C=O) groups excluding carboxylic acids is 1. The van der Waals surface area contributed by atoms with Crippen LogP contribution in [0.4, 0.5) is 0 Å². The Kier molecular flexibility index (Phi) is 6.12. The molecule has 1 N–H and O–H groups in total. The van der Waals surface area contributed by atoms with E-state index in [0.29, 0.717) is 6.54 Å². The van der Waals surface area contributed by atoms with Gasteiger partial charge in [0, 0.05) is 6.54 Å². The third-order valence-electron chi connectivity index (χ3n) is 4.65. The number of aryl methyl sites for hydroxylation is 1. The summed E-state index contributed by atoms with van der Waals surface area (Å²) in [6, 6.07) is 11.8. The fourth-order valence-electron chi connectivity index (χ4n) is 3.18. The van der Waals surface area contributed by atoms with Gasteiger partial charge in [-0.25, -0.2) is 0 Å². The summed E-state index contributed by atoms with van der Waals surface area (Å²) >= 11 is 0. The highest BCUT2D eigenvalue weighted by atomic mass is 16.5. The topological polar surface area (TPSA) is 54.7 Å². The normalized spacial score (nSPS) is 15.9. The van der Waals surface area contributed by atoms with Crippen LogP contribution >= 0.6 is 0 Å². The number of benzene rings is 1. The van der Waals surface area contributed by atoms with Crippen molar-refractivity contribution in [3.8, 4) is 5.75 Å². The fraction of sp³-hybridized carbons (Fsp3) is 0.450. The van der Waals surface area contributed by atoms with Crippen LogP contribution in [0.1, 0.15) is 37.1 Å². The molecule has 1 saturated heterocycles. The summed E-state index contributed by atoms with van der Waals surface area (Å²) in [4.78, 5) is 14.5. The van der Waals surface area contributed by atoms with Crippen molar-refractivity contribution >= 4 is 5.91 Å². The number of hydrogen-bond donors (Lipinski definition) is 1. The van der Waals surface area contributed by atoms with E-state index in [-0.39, 0.29) is 18.6 Å². The Morgan fingerprint density at radius 2 is 2.00 bits per heavy atom. The van der Waals surface area contributed by atoms with Crippen LogP contribution in [0.15, 0.2) is 47.1 Å². The van der Waals surface area contributed by atoms with Crippen LogP contribution in [-0.2, 0) is 11.2 Å². The highest BCUT2D eigenvalue weighted by Crippen LogP contribution is 2.24. The van der Waals surface area contributed by atoms with Gasteiger partial charge in [-0.15, -0.1) is 0 Å². The lowest BCUT2D eigenvalue weighted by molar-refractivity contribution is -0.123. The lowest BCUT2D eigenvalue weighted by atomic mass is 10.2. The second kappa shape index (κ2) is 8.72. The minimum absolute atomic E-state index is 0.0242. The summed E-state index contributed by atoms with van der Waals surface area (Å²) in [5, 5.41) is 2.98. The van der Waals surface area contributed by atoms with Gasteiger partial charge >= 0.3 is 0 Å². The van der Waals surface area contributed by atoms with Gasteiger partial charge in [0.15, 0.2) is 6.61 Å². The summed E-state index contributed by atoms with van der Waals surface area (Å²) in [5.74, 6) is 1.50. The standard InChI is InChI=1S/C20H26N2O3/c1-2-16-7-9-17(10-8-16)25-15-20(23)21-14-18(19-6-5-13-24-19)22-11-3-4-12-22/h5-10,13,18H,2-4,11-12,14-15H2,1H3,(H,21,23)/t18-/m0/s1. The van der Waals surface area contributed by atoms with Gasteiger partial charge < -0.3 is 14.5 Å². The molecule has 1 aliphatic heterocycles. The molecular formula is C20H26N2O3. The third kappa shape index (κ3) is 4.86. The van der Waals surface area contributed by atoms with Crippen LogP contribution in [-0.4, -0.2) is 37.0 Å². The monoisotopic (exact) mass is 342 g/mol. The molecule has 134 valence electrons. The van der Waals surface area contributed by atoms with Crippen LogP contribution in [0, 0.1) is 0 Å². The highest BCUT2D eigenvalue weighted by Gasteiger charge is 2.25. The number of furan rings is 1. The molecule has 3 rings (SSSR count). The second-order valence-electron chi connectivity index (χ2n) is 6.36. The van der Waals surface area contributed by atoms with Gasteiger partial charge in [-0.05, 0) is 62.2 Å². The molecule has 0 radical (unpaired) electrons. The van der Waals surface area contributed by atoms with E-state index < -0.39 is 0 Å². The molecule has 1 atom stereocenters. The van der Waals surface area contributed by atoms with Crippen LogP contribution < -0.4 is 10.1 Å². The first kappa shape index (κ1) is 17.5. The Balaban J connectivity index is 1.49. The number of ether oxygens (including phenoxy) is 1. The number of hydrogen-bond acceptors (Lipinski definition) is 4. The van der Waals surface area contributed by atoms with E-state index in [1.54, 1.807) is 6.26 Å². The van der Waals surface area contributed by atoms with E-state index in [0.717, 1.165) is 31.0 Å². The van der Waals surface area contributed by atoms with Gasteiger partial charge in [0.2, 0.25) is 0 Å². The predicted octanol–water partition coefficient (Wildman–Crippen LogP) is 3.17. The number of amides is 1. The maximum absolute atomic E-state index is 12.1. The van der Waals surface area contributed by atoms with E-state index in [1.165, 1.54) is 18.4 Å². The van der Waals surface area contributed by atoms with Gasteiger partial charge in [-0.1, -0.05) is 19.1 Å². The second-order valence-corrected chi connectivity index (χ2v) is 6.36. The lowest BCUT2D eigenvalue weighted by Gasteiger charge is -2.26. The van der Waals surface area contributed by atoms with Crippen molar-refractivity contribution in [2.45, 2.75) is 32.2 Å². The zero-order valence-corrected chi connectivity index (χ0v) is 14.7. The zero-order chi connectivity index (χ0) is 17.5. The molecule has 0 saturated carbocycles. The fourth-order valence-corrected chi connectivity index (χ4v) is 3.18. The molecule has 0 unspecified atom stereocenters. The Morgan fingerprint density at radius 1 is 1.24 bits per heavy atom. The molecule has 1 aliphatic rings. The molecule has 1 aromatic carbocycles. The molecule has 2 aromatic rings. The molecule has 1 aromatic heterocycles. The minimum Gasteiger partial charge on any atom is -0.484 e. The minimum atomic E-state index is -0.115. The lowest BCUT2D eigenvalue weighted by Crippen LogP contribution is -2.38. The van der Waals surface area contributed by atoms with E-state index in [4.69, 9.17) is 9.15 Å². The number of nitrogens with one attached hydrogen (secondary N) is 1. The Hall–Kier alpha value is -2.27. The first-order valence-electron chi connectivity index (χ1n) is 9.02. The van der Waals surface area contributed by atoms with Crippen molar-refractivity contribution in [3.63, 3.8) is 0 Å². The van der Waals surface area contributed by atoms with Crippen LogP contribution in [0.25, 0.3) is 0 Å². The maximum atomic E-state index is 12.1. The molecule has 2 heterocycles. The summed E-state index contributed by atoms with van der Waals surface area (Å²) in [5.41, 5.74) is 1.25. The van der Waals surface area contributed by atoms with E-state index in [2.05, 4.69) is 17.1 Å². The molecule has 1 amide bonds. The quantitative estimate of drug-likeness (QED) is 0.800. The number of nitrogens with zero attached hydrogens (tertiary/aromatic N) is 1. The molecule has 5 nitrogen and oxygen atoms in total. The first-order valence-corrected chi connectivity index (χ1v) is 9.02. The average Bonchev–Trinajstić information content (AvgIpc) is 3.35. The van der Waals surface area contributed by atoms with Gasteiger partial charge in [0.05, 0.1) is 12.3 Å². The Labute approximate surface area is 149 Å². The maximum Gasteiger partial charge on any atom is 0.258 e. The Bertz CT molecular complexity index is 646. The highest BCUT2D eigenvalue weighted by molar-refractivity contribution is 5.77. The number of carbonyl (C=O) groups is 1. The van der Waals surface area contributed by atoms with Gasteiger partial charge in [-0.3, -0.25) is 9.69 Å². The smallest absolute Gasteiger partial charge is 0.258 e. The molecule has 5 heteroatoms. The van der Waals surface area contributed by atoms with Crippen molar-refractivity contribution in [2.75, 3.05) is 26.2 Å². The molecule has 0 bridgehead atoms. The van der Waals surface area contributed by atoms with Gasteiger partial charge in [0.1, 0.15) is 11.5 Å². The summed E-state index contributed by atoms with van der Waals surface area (Å²) < 4.78 is 11.1. The van der Waals surface area contributed by atoms with Crippen LogP contribution in [0.5, 0.6) is 5.75 Å². The third-order valence-corrected chi connectivity index (χ3v) is 4.65. The summed E-state index contributed by atoms with van der Waals surface area (Å²) in [6.07, 6.45) is 5.07. The summed E-state index contributed by atoms with van der Waals surface area (Å²) in [6.45, 7) is 4.75. The van der Waals surface area contributed by atoms with E-state index >= 15 is 0 Å². The number of rotatable bonds is 8. The van der Waals surface area contributed by atoms with Crippen molar-refractivity contribution in [3.05, 3.63) is 54.0 Å². The van der Waals surface area contributed by atoms with Crippen molar-refractivity contribution in [2.24, 2.45) is 0 Å². The summed E-state index contributed by atoms with van der Waals surface area (Å²) in [7, 11) is 0. The average molecular weight is 342 g/mol. The predicted molar refractivity (Wildman–Crippen MR) is 96.6 cm³/mol. The van der Waals surface area contributed by atoms with Crippen LogP contribution in [0.2, 0.25) is 0 Å². The molecule has 1 fully saturated rings. The largest absolute Gasteiger partial charge is 0.484 e. The van der Waals surface area contributed by atoms with E-state index in [1.807, 2.05) is 36.4 Å².